The van der Waals surface area contributed by atoms with Gasteiger partial charge in [0.05, 0.1) is 13.7 Å². The number of fused-ring (bicyclic) bond motifs is 1. The minimum absolute atomic E-state index is 0.318. The van der Waals surface area contributed by atoms with Crippen molar-refractivity contribution >= 4 is 0 Å². The lowest BCUT2D eigenvalue weighted by molar-refractivity contribution is 0.0883. The van der Waals surface area contributed by atoms with E-state index in [9.17, 15) is 0 Å². The summed E-state index contributed by atoms with van der Waals surface area (Å²) in [5.74, 6) is 3.56. The molecule has 2 aromatic carbocycles. The van der Waals surface area contributed by atoms with Crippen LogP contribution in [-0.2, 0) is 4.74 Å². The number of likely N-dealkylation sites (tertiary alicyclic amines) is 1. The first kappa shape index (κ1) is 20.0. The van der Waals surface area contributed by atoms with Crippen LogP contribution >= 0.6 is 0 Å². The van der Waals surface area contributed by atoms with E-state index < -0.39 is 0 Å². The maximum absolute atomic E-state index is 5.76. The Labute approximate surface area is 173 Å². The highest BCUT2D eigenvalue weighted by Gasteiger charge is 2.30. The third kappa shape index (κ3) is 4.85. The number of hydrogen-bond acceptors (Lipinski definition) is 5. The number of piperidine rings is 1. The molecule has 2 atom stereocenters. The van der Waals surface area contributed by atoms with E-state index in [0.29, 0.717) is 18.6 Å². The van der Waals surface area contributed by atoms with E-state index >= 15 is 0 Å². The second-order valence-corrected chi connectivity index (χ2v) is 7.89. The maximum atomic E-state index is 5.76. The van der Waals surface area contributed by atoms with Gasteiger partial charge in [-0.25, -0.2) is 0 Å². The van der Waals surface area contributed by atoms with Crippen LogP contribution in [0.2, 0.25) is 0 Å². The number of nitrogens with zero attached hydrogens (tertiary/aromatic N) is 1. The molecule has 5 heteroatoms. The Kier molecular flexibility index (Phi) is 6.57. The van der Waals surface area contributed by atoms with Gasteiger partial charge in [0.1, 0.15) is 5.75 Å². The molecule has 156 valence electrons. The van der Waals surface area contributed by atoms with Gasteiger partial charge in [-0.05, 0) is 60.1 Å². The van der Waals surface area contributed by atoms with Gasteiger partial charge in [-0.1, -0.05) is 25.1 Å². The third-order valence-electron chi connectivity index (χ3n) is 5.88. The van der Waals surface area contributed by atoms with Crippen molar-refractivity contribution in [3.8, 4) is 17.2 Å². The fourth-order valence-corrected chi connectivity index (χ4v) is 4.34. The molecule has 0 unspecified atom stereocenters. The topological polar surface area (TPSA) is 40.2 Å². The fourth-order valence-electron chi connectivity index (χ4n) is 4.34. The highest BCUT2D eigenvalue weighted by Crippen LogP contribution is 2.40. The first-order valence-electron chi connectivity index (χ1n) is 10.6. The van der Waals surface area contributed by atoms with E-state index in [2.05, 4.69) is 48.2 Å². The van der Waals surface area contributed by atoms with Crippen molar-refractivity contribution in [3.63, 3.8) is 0 Å². The monoisotopic (exact) mass is 397 g/mol. The Morgan fingerprint density at radius 1 is 0.931 bits per heavy atom. The van der Waals surface area contributed by atoms with Crippen molar-refractivity contribution in [2.75, 3.05) is 46.8 Å². The molecule has 2 aliphatic heterocycles. The van der Waals surface area contributed by atoms with Crippen LogP contribution in [0.25, 0.3) is 0 Å². The van der Waals surface area contributed by atoms with Crippen molar-refractivity contribution in [1.82, 2.24) is 4.90 Å². The van der Waals surface area contributed by atoms with Crippen molar-refractivity contribution in [1.29, 1.82) is 0 Å². The summed E-state index contributed by atoms with van der Waals surface area (Å²) in [6.45, 7) is 7.16. The standard InChI is InChI=1S/C24H31NO4/c1-3-11-27-12-10-25-15-20(18-4-7-22(26-2)8-5-18)13-21(16-25)19-6-9-23-24(14-19)29-17-28-23/h4-9,14,20-21H,3,10-13,15-17H2,1-2H3/t20-,21-/m1/s1. The van der Waals surface area contributed by atoms with Crippen LogP contribution in [0.3, 0.4) is 0 Å². The lowest BCUT2D eigenvalue weighted by atomic mass is 9.81. The van der Waals surface area contributed by atoms with Crippen LogP contribution in [0.15, 0.2) is 42.5 Å². The van der Waals surface area contributed by atoms with Crippen LogP contribution in [-0.4, -0.2) is 51.7 Å². The zero-order valence-electron chi connectivity index (χ0n) is 17.4. The zero-order chi connectivity index (χ0) is 20.1. The zero-order valence-corrected chi connectivity index (χ0v) is 17.4. The first-order chi connectivity index (χ1) is 14.3. The van der Waals surface area contributed by atoms with Crippen molar-refractivity contribution < 1.29 is 18.9 Å². The number of hydrogen-bond donors (Lipinski definition) is 0. The molecule has 1 saturated heterocycles. The minimum atomic E-state index is 0.318. The second kappa shape index (κ2) is 9.51. The van der Waals surface area contributed by atoms with Gasteiger partial charge in [-0.2, -0.15) is 0 Å². The molecule has 1 fully saturated rings. The van der Waals surface area contributed by atoms with Gasteiger partial charge in [0, 0.05) is 26.2 Å². The fraction of sp³-hybridized carbons (Fsp3) is 0.500. The van der Waals surface area contributed by atoms with E-state index in [1.165, 1.54) is 11.1 Å². The van der Waals surface area contributed by atoms with Crippen molar-refractivity contribution in [3.05, 3.63) is 53.6 Å². The summed E-state index contributed by atoms with van der Waals surface area (Å²) in [6, 6.07) is 14.9. The Morgan fingerprint density at radius 3 is 2.41 bits per heavy atom. The van der Waals surface area contributed by atoms with Gasteiger partial charge in [-0.15, -0.1) is 0 Å². The van der Waals surface area contributed by atoms with Gasteiger partial charge in [0.15, 0.2) is 11.5 Å². The quantitative estimate of drug-likeness (QED) is 0.617. The van der Waals surface area contributed by atoms with Gasteiger partial charge in [0.2, 0.25) is 6.79 Å². The lowest BCUT2D eigenvalue weighted by Gasteiger charge is -2.38. The second-order valence-electron chi connectivity index (χ2n) is 7.89. The molecule has 29 heavy (non-hydrogen) atoms. The molecule has 0 spiro atoms. The summed E-state index contributed by atoms with van der Waals surface area (Å²) >= 11 is 0. The minimum Gasteiger partial charge on any atom is -0.497 e. The molecule has 0 amide bonds. The molecule has 0 radical (unpaired) electrons. The number of methoxy groups -OCH3 is 1. The van der Waals surface area contributed by atoms with Crippen LogP contribution in [0.4, 0.5) is 0 Å². The Morgan fingerprint density at radius 2 is 1.66 bits per heavy atom. The average Bonchev–Trinajstić information content (AvgIpc) is 3.24. The molecule has 0 aliphatic carbocycles. The largest absolute Gasteiger partial charge is 0.497 e. The summed E-state index contributed by atoms with van der Waals surface area (Å²) in [7, 11) is 1.71. The van der Waals surface area contributed by atoms with Crippen LogP contribution in [0.5, 0.6) is 17.2 Å². The molecule has 2 aliphatic rings. The molecule has 0 aromatic heterocycles. The Hall–Kier alpha value is -2.24. The molecule has 2 aromatic rings. The lowest BCUT2D eigenvalue weighted by Crippen LogP contribution is -2.40. The third-order valence-corrected chi connectivity index (χ3v) is 5.88. The van der Waals surface area contributed by atoms with Gasteiger partial charge in [-0.3, -0.25) is 4.90 Å². The summed E-state index contributed by atoms with van der Waals surface area (Å²) < 4.78 is 22.2. The summed E-state index contributed by atoms with van der Waals surface area (Å²) in [5.41, 5.74) is 2.70. The molecule has 5 nitrogen and oxygen atoms in total. The van der Waals surface area contributed by atoms with Gasteiger partial charge in [0.25, 0.3) is 0 Å². The Bertz CT molecular complexity index is 792. The van der Waals surface area contributed by atoms with E-state index in [1.54, 1.807) is 7.11 Å². The smallest absolute Gasteiger partial charge is 0.231 e. The maximum Gasteiger partial charge on any atom is 0.231 e. The SMILES string of the molecule is CCCOCCN1C[C@H](c2ccc(OC)cc2)C[C@@H](c2ccc3c(c2)OCO3)C1. The van der Waals surface area contributed by atoms with Gasteiger partial charge < -0.3 is 18.9 Å². The van der Waals surface area contributed by atoms with Crippen molar-refractivity contribution in [2.45, 2.75) is 31.6 Å². The molecule has 0 saturated carbocycles. The van der Waals surface area contributed by atoms with Gasteiger partial charge >= 0.3 is 0 Å². The highest BCUT2D eigenvalue weighted by molar-refractivity contribution is 5.45. The van der Waals surface area contributed by atoms with Crippen LogP contribution in [0.1, 0.15) is 42.7 Å². The van der Waals surface area contributed by atoms with Crippen LogP contribution in [0, 0.1) is 0 Å². The van der Waals surface area contributed by atoms with Crippen LogP contribution < -0.4 is 14.2 Å². The van der Waals surface area contributed by atoms with E-state index in [-0.39, 0.29) is 0 Å². The average molecular weight is 398 g/mol. The molecular weight excluding hydrogens is 366 g/mol. The summed E-state index contributed by atoms with van der Waals surface area (Å²) in [5, 5.41) is 0. The molecule has 0 bridgehead atoms. The first-order valence-corrected chi connectivity index (χ1v) is 10.6. The molecule has 4 rings (SSSR count). The summed E-state index contributed by atoms with van der Waals surface area (Å²) in [4.78, 5) is 2.54. The highest BCUT2D eigenvalue weighted by atomic mass is 16.7. The predicted octanol–water partition coefficient (Wildman–Crippen LogP) is 4.42. The number of benzene rings is 2. The van der Waals surface area contributed by atoms with E-state index in [1.807, 2.05) is 6.07 Å². The molecule has 0 N–H and O–H groups in total. The summed E-state index contributed by atoms with van der Waals surface area (Å²) in [6.07, 6.45) is 2.19. The molecule has 2 heterocycles. The van der Waals surface area contributed by atoms with E-state index in [4.69, 9.17) is 18.9 Å². The predicted molar refractivity (Wildman–Crippen MR) is 113 cm³/mol. The number of ether oxygens (including phenoxy) is 4. The van der Waals surface area contributed by atoms with E-state index in [0.717, 1.165) is 62.9 Å². The normalized spacial score (nSPS) is 21.3. The molecular formula is C24H31NO4. The Balaban J connectivity index is 1.51. The van der Waals surface area contributed by atoms with Crippen molar-refractivity contribution in [2.24, 2.45) is 0 Å². The number of rotatable bonds is 8.